The van der Waals surface area contributed by atoms with Gasteiger partial charge in [-0.2, -0.15) is 15.0 Å². The molecule has 7 rings (SSSR count). The van der Waals surface area contributed by atoms with Crippen molar-refractivity contribution in [2.75, 3.05) is 48.3 Å². The van der Waals surface area contributed by atoms with Crippen LogP contribution >= 0.6 is 11.3 Å². The zero-order valence-electron chi connectivity index (χ0n) is 21.2. The van der Waals surface area contributed by atoms with Crippen molar-refractivity contribution >= 4 is 51.0 Å². The van der Waals surface area contributed by atoms with Crippen LogP contribution in [0.4, 0.5) is 23.5 Å². The highest BCUT2D eigenvalue weighted by atomic mass is 32.1. The third-order valence-corrected chi connectivity index (χ3v) is 9.53. The molecule has 2 aromatic heterocycles. The second-order valence-electron chi connectivity index (χ2n) is 11.0. The fourth-order valence-electron chi connectivity index (χ4n) is 6.35. The predicted molar refractivity (Wildman–Crippen MR) is 144 cm³/mol. The normalized spacial score (nSPS) is 24.9. The molecule has 3 aromatic rings. The van der Waals surface area contributed by atoms with E-state index in [0.29, 0.717) is 55.4 Å². The molecule has 3 atom stereocenters. The van der Waals surface area contributed by atoms with Crippen LogP contribution in [-0.2, 0) is 4.79 Å². The van der Waals surface area contributed by atoms with Crippen LogP contribution in [0.15, 0.2) is 23.7 Å². The summed E-state index contributed by atoms with van der Waals surface area (Å²) in [5.41, 5.74) is 4.22. The highest BCUT2D eigenvalue weighted by Gasteiger charge is 2.53. The number of hydrogen-bond acceptors (Lipinski definition) is 9. The fraction of sp³-hybridized carbons (Fsp3) is 0.577. The molecule has 4 aliphatic rings. The van der Waals surface area contributed by atoms with Crippen molar-refractivity contribution in [1.29, 1.82) is 0 Å². The molecule has 10 heteroatoms. The van der Waals surface area contributed by atoms with E-state index in [2.05, 4.69) is 40.4 Å². The van der Waals surface area contributed by atoms with Gasteiger partial charge >= 0.3 is 0 Å². The van der Waals surface area contributed by atoms with Crippen molar-refractivity contribution in [2.24, 2.45) is 23.2 Å². The Morgan fingerprint density at radius 3 is 2.67 bits per heavy atom. The molecular weight excluding hydrogens is 472 g/mol. The van der Waals surface area contributed by atoms with Crippen LogP contribution in [0.2, 0.25) is 0 Å². The summed E-state index contributed by atoms with van der Waals surface area (Å²) in [7, 11) is 0. The van der Waals surface area contributed by atoms with Crippen molar-refractivity contribution in [1.82, 2.24) is 24.8 Å². The van der Waals surface area contributed by atoms with Gasteiger partial charge in [-0.15, -0.1) is 11.3 Å². The van der Waals surface area contributed by atoms with Crippen LogP contribution in [0.3, 0.4) is 0 Å². The predicted octanol–water partition coefficient (Wildman–Crippen LogP) is 4.38. The molecule has 1 saturated heterocycles. The molecule has 1 amide bonds. The van der Waals surface area contributed by atoms with Gasteiger partial charge in [-0.05, 0) is 60.6 Å². The van der Waals surface area contributed by atoms with Crippen LogP contribution in [0.5, 0.6) is 0 Å². The van der Waals surface area contributed by atoms with Gasteiger partial charge in [0.15, 0.2) is 0 Å². The first-order chi connectivity index (χ1) is 17.4. The molecule has 4 fully saturated rings. The van der Waals surface area contributed by atoms with E-state index in [4.69, 9.17) is 15.0 Å². The number of anilines is 4. The van der Waals surface area contributed by atoms with E-state index < -0.39 is 0 Å². The van der Waals surface area contributed by atoms with Crippen LogP contribution in [0, 0.1) is 23.2 Å². The minimum atomic E-state index is 0.113. The van der Waals surface area contributed by atoms with Gasteiger partial charge in [0.1, 0.15) is 0 Å². The summed E-state index contributed by atoms with van der Waals surface area (Å²) in [5.74, 6) is 4.19. The summed E-state index contributed by atoms with van der Waals surface area (Å²) >= 11 is 1.61. The molecule has 1 unspecified atom stereocenters. The lowest BCUT2D eigenvalue weighted by Crippen LogP contribution is -2.53. The number of carbonyl (C=O) groups is 1. The second kappa shape index (κ2) is 9.14. The van der Waals surface area contributed by atoms with E-state index in [1.54, 1.807) is 18.3 Å². The average Bonchev–Trinajstić information content (AvgIpc) is 3.35. The molecule has 190 valence electrons. The largest absolute Gasteiger partial charge is 0.354 e. The fourth-order valence-corrected chi connectivity index (χ4v) is 7.07. The maximum Gasteiger partial charge on any atom is 0.233 e. The highest BCUT2D eigenvalue weighted by molar-refractivity contribution is 7.16. The maximum atomic E-state index is 11.8. The lowest BCUT2D eigenvalue weighted by atomic mass is 9.45. The number of thiazole rings is 1. The van der Waals surface area contributed by atoms with Gasteiger partial charge in [0.25, 0.3) is 0 Å². The lowest BCUT2D eigenvalue weighted by Gasteiger charge is -2.60. The van der Waals surface area contributed by atoms with Crippen molar-refractivity contribution in [2.45, 2.75) is 40.0 Å². The SMILES string of the molecule is CC(=O)N1CCN(c2nc(NC[C@@H]3CCC4C[C@@H]3C4(C)C)nc(Nc3ccc4ncsc4c3)n2)CC1. The van der Waals surface area contributed by atoms with E-state index in [9.17, 15) is 4.79 Å². The number of rotatable bonds is 6. The number of amides is 1. The first-order valence-electron chi connectivity index (χ1n) is 13.0. The Balaban J connectivity index is 1.23. The van der Waals surface area contributed by atoms with E-state index in [1.807, 2.05) is 22.5 Å². The van der Waals surface area contributed by atoms with E-state index in [0.717, 1.165) is 34.3 Å². The first kappa shape index (κ1) is 23.4. The van der Waals surface area contributed by atoms with Gasteiger partial charge in [-0.25, -0.2) is 4.98 Å². The standard InChI is InChI=1S/C26H34N8OS/c1-16(35)33-8-10-34(11-9-33)25-31-23(27-14-17-4-5-18-12-20(17)26(18,2)3)30-24(32-25)29-19-6-7-21-22(13-19)36-15-28-21/h6-7,13,15,17-18,20H,4-5,8-12,14H2,1-3H3,(H2,27,29,30,31,32)/t17-,18?,20-/m0/s1. The molecule has 0 spiro atoms. The van der Waals surface area contributed by atoms with Gasteiger partial charge in [-0.1, -0.05) is 13.8 Å². The van der Waals surface area contributed by atoms with Gasteiger partial charge in [-0.3, -0.25) is 4.79 Å². The Morgan fingerprint density at radius 2 is 1.92 bits per heavy atom. The number of benzene rings is 1. The summed E-state index contributed by atoms with van der Waals surface area (Å²) < 4.78 is 1.12. The van der Waals surface area contributed by atoms with E-state index in [-0.39, 0.29) is 5.91 Å². The number of piperazine rings is 1. The second-order valence-corrected chi connectivity index (χ2v) is 11.9. The summed E-state index contributed by atoms with van der Waals surface area (Å²) in [6.07, 6.45) is 3.96. The summed E-state index contributed by atoms with van der Waals surface area (Å²) in [5, 5.41) is 6.95. The van der Waals surface area contributed by atoms with Crippen LogP contribution < -0.4 is 15.5 Å². The smallest absolute Gasteiger partial charge is 0.233 e. The molecule has 0 radical (unpaired) electrons. The molecule has 1 aromatic carbocycles. The molecule has 3 heterocycles. The number of nitrogens with one attached hydrogen (secondary N) is 2. The Labute approximate surface area is 215 Å². The van der Waals surface area contributed by atoms with Crippen LogP contribution in [0.1, 0.15) is 40.0 Å². The van der Waals surface area contributed by atoms with Crippen molar-refractivity contribution in [3.63, 3.8) is 0 Å². The third-order valence-electron chi connectivity index (χ3n) is 8.74. The monoisotopic (exact) mass is 506 g/mol. The molecule has 36 heavy (non-hydrogen) atoms. The van der Waals surface area contributed by atoms with E-state index >= 15 is 0 Å². The zero-order valence-corrected chi connectivity index (χ0v) is 22.0. The van der Waals surface area contributed by atoms with Crippen LogP contribution in [0.25, 0.3) is 10.2 Å². The minimum Gasteiger partial charge on any atom is -0.354 e. The zero-order chi connectivity index (χ0) is 24.9. The third kappa shape index (κ3) is 4.36. The Bertz CT molecular complexity index is 1270. The van der Waals surface area contributed by atoms with Gasteiger partial charge in [0, 0.05) is 45.3 Å². The molecule has 3 saturated carbocycles. The van der Waals surface area contributed by atoms with Gasteiger partial charge in [0.05, 0.1) is 15.7 Å². The molecule has 2 N–H and O–H groups in total. The summed E-state index contributed by atoms with van der Waals surface area (Å²) in [6, 6.07) is 6.08. The molecular formula is C26H34N8OS. The molecule has 1 aliphatic heterocycles. The van der Waals surface area contributed by atoms with Crippen molar-refractivity contribution in [3.8, 4) is 0 Å². The van der Waals surface area contributed by atoms with Crippen LogP contribution in [-0.4, -0.2) is 63.5 Å². The summed E-state index contributed by atoms with van der Waals surface area (Å²) in [4.78, 5) is 34.5. The Hall–Kier alpha value is -3.01. The average molecular weight is 507 g/mol. The number of aromatic nitrogens is 4. The molecule has 9 nitrogen and oxygen atoms in total. The summed E-state index contributed by atoms with van der Waals surface area (Å²) in [6.45, 7) is 10.1. The van der Waals surface area contributed by atoms with Gasteiger partial charge in [0.2, 0.25) is 23.8 Å². The molecule has 2 bridgehead atoms. The number of hydrogen-bond donors (Lipinski definition) is 2. The van der Waals surface area contributed by atoms with Crippen molar-refractivity contribution < 1.29 is 4.79 Å². The number of fused-ring (bicyclic) bond motifs is 3. The van der Waals surface area contributed by atoms with E-state index in [1.165, 1.54) is 19.3 Å². The first-order valence-corrected chi connectivity index (χ1v) is 13.9. The number of carbonyl (C=O) groups excluding carboxylic acids is 1. The quantitative estimate of drug-likeness (QED) is 0.508. The Kier molecular flexibility index (Phi) is 5.94. The van der Waals surface area contributed by atoms with Gasteiger partial charge < -0.3 is 20.4 Å². The topological polar surface area (TPSA) is 99.2 Å². The number of nitrogens with zero attached hydrogens (tertiary/aromatic N) is 6. The lowest BCUT2D eigenvalue weighted by molar-refractivity contribution is -0.129. The minimum absolute atomic E-state index is 0.113. The molecule has 3 aliphatic carbocycles. The maximum absolute atomic E-state index is 11.8. The highest BCUT2D eigenvalue weighted by Crippen LogP contribution is 2.61. The Morgan fingerprint density at radius 1 is 1.11 bits per heavy atom. The van der Waals surface area contributed by atoms with Crippen molar-refractivity contribution in [3.05, 3.63) is 23.7 Å².